The number of carbonyl (C=O) groups excluding carboxylic acids is 2. The zero-order valence-electron chi connectivity index (χ0n) is 21.0. The van der Waals surface area contributed by atoms with Gasteiger partial charge in [-0.3, -0.25) is 10.1 Å². The molecule has 0 fully saturated rings. The Hall–Kier alpha value is -3.68. The zero-order valence-corrected chi connectivity index (χ0v) is 22.6. The second-order valence-corrected chi connectivity index (χ2v) is 9.82. The Bertz CT molecular complexity index is 1430. The molecule has 1 atom stereocenters. The van der Waals surface area contributed by atoms with Gasteiger partial charge in [0.15, 0.2) is 0 Å². The number of benzene rings is 3. The molecule has 1 N–H and O–H groups in total. The number of aryl methyl sites for hydroxylation is 2. The molecule has 3 aromatic carbocycles. The SMILES string of the molecule is COC(=O)Cc1ccc(-c2ccc(-c3snc(C)c3NC(=O)O[C@H](C)c3ccccc3C)cc2)cc1Cl. The Morgan fingerprint density at radius 1 is 1.00 bits per heavy atom. The summed E-state index contributed by atoms with van der Waals surface area (Å²) < 4.78 is 14.8. The number of nitrogens with one attached hydrogen (secondary N) is 1. The van der Waals surface area contributed by atoms with Gasteiger partial charge in [-0.05, 0) is 71.8 Å². The summed E-state index contributed by atoms with van der Waals surface area (Å²) in [6, 6.07) is 21.4. The zero-order chi connectivity index (χ0) is 26.5. The molecule has 1 heterocycles. The van der Waals surface area contributed by atoms with Crippen LogP contribution in [0.2, 0.25) is 5.02 Å². The second kappa shape index (κ2) is 11.6. The molecule has 37 heavy (non-hydrogen) atoms. The molecule has 0 bridgehead atoms. The van der Waals surface area contributed by atoms with E-state index in [2.05, 4.69) is 9.69 Å². The van der Waals surface area contributed by atoms with Crippen LogP contribution in [0, 0.1) is 13.8 Å². The number of hydrogen-bond acceptors (Lipinski definition) is 6. The van der Waals surface area contributed by atoms with Gasteiger partial charge in [0.25, 0.3) is 0 Å². The summed E-state index contributed by atoms with van der Waals surface area (Å²) in [6.07, 6.45) is -0.790. The lowest BCUT2D eigenvalue weighted by Gasteiger charge is -2.16. The van der Waals surface area contributed by atoms with Crippen LogP contribution in [0.5, 0.6) is 0 Å². The molecule has 0 radical (unpaired) electrons. The van der Waals surface area contributed by atoms with Gasteiger partial charge in [-0.25, -0.2) is 4.79 Å². The summed E-state index contributed by atoms with van der Waals surface area (Å²) in [7, 11) is 1.35. The first kappa shape index (κ1) is 26.4. The summed E-state index contributed by atoms with van der Waals surface area (Å²) in [6.45, 7) is 5.70. The fraction of sp³-hybridized carbons (Fsp3) is 0.207. The summed E-state index contributed by atoms with van der Waals surface area (Å²) in [5, 5.41) is 3.40. The summed E-state index contributed by atoms with van der Waals surface area (Å²) in [5.74, 6) is -0.336. The average molecular weight is 535 g/mol. The molecule has 4 rings (SSSR count). The third-order valence-corrected chi connectivity index (χ3v) is 7.44. The number of esters is 1. The largest absolute Gasteiger partial charge is 0.469 e. The number of nitrogens with zero attached hydrogens (tertiary/aromatic N) is 1. The number of methoxy groups -OCH3 is 1. The molecule has 4 aromatic rings. The smallest absolute Gasteiger partial charge is 0.412 e. The molecule has 1 amide bonds. The molecule has 6 nitrogen and oxygen atoms in total. The van der Waals surface area contributed by atoms with Crippen molar-refractivity contribution in [3.05, 3.63) is 94.1 Å². The van der Waals surface area contributed by atoms with E-state index < -0.39 is 6.09 Å². The van der Waals surface area contributed by atoms with Crippen molar-refractivity contribution >= 4 is 40.9 Å². The lowest BCUT2D eigenvalue weighted by atomic mass is 10.0. The standard InChI is InChI=1S/C29H27ClN2O4S/c1-17-7-5-6-8-24(17)19(3)36-29(34)31-27-18(2)32-37-28(27)21-11-9-20(10-12-21)22-13-14-23(25(30)15-22)16-26(33)35-4/h5-15,19H,16H2,1-4H3,(H,31,34)/t19-/m1/s1. The first-order valence-corrected chi connectivity index (χ1v) is 12.9. The van der Waals surface area contributed by atoms with Crippen LogP contribution in [0.1, 0.15) is 35.4 Å². The van der Waals surface area contributed by atoms with Crippen LogP contribution >= 0.6 is 23.1 Å². The van der Waals surface area contributed by atoms with Crippen LogP contribution in [0.25, 0.3) is 21.6 Å². The number of amides is 1. The highest BCUT2D eigenvalue weighted by molar-refractivity contribution is 7.10. The number of halogens is 1. The highest BCUT2D eigenvalue weighted by atomic mass is 35.5. The normalized spacial score (nSPS) is 11.6. The van der Waals surface area contributed by atoms with Crippen LogP contribution in [0.4, 0.5) is 10.5 Å². The Morgan fingerprint density at radius 2 is 1.68 bits per heavy atom. The third kappa shape index (κ3) is 6.18. The van der Waals surface area contributed by atoms with E-state index in [1.807, 2.05) is 87.5 Å². The predicted molar refractivity (Wildman–Crippen MR) is 148 cm³/mol. The number of rotatable bonds is 7. The van der Waals surface area contributed by atoms with Gasteiger partial charge in [0, 0.05) is 5.02 Å². The summed E-state index contributed by atoms with van der Waals surface area (Å²) in [5.41, 5.74) is 6.92. The minimum Gasteiger partial charge on any atom is -0.469 e. The molecule has 0 aliphatic carbocycles. The molecular weight excluding hydrogens is 508 g/mol. The first-order chi connectivity index (χ1) is 17.8. The van der Waals surface area contributed by atoms with Crippen LogP contribution in [-0.4, -0.2) is 23.5 Å². The molecule has 190 valence electrons. The van der Waals surface area contributed by atoms with Crippen molar-refractivity contribution < 1.29 is 19.1 Å². The highest BCUT2D eigenvalue weighted by Crippen LogP contribution is 2.36. The quantitative estimate of drug-likeness (QED) is 0.245. The van der Waals surface area contributed by atoms with Crippen molar-refractivity contribution in [3.8, 4) is 21.6 Å². The van der Waals surface area contributed by atoms with Gasteiger partial charge in [0.05, 0.1) is 29.8 Å². The second-order valence-electron chi connectivity index (χ2n) is 8.64. The molecule has 0 spiro atoms. The Morgan fingerprint density at radius 3 is 2.35 bits per heavy atom. The van der Waals surface area contributed by atoms with E-state index in [9.17, 15) is 9.59 Å². The van der Waals surface area contributed by atoms with Gasteiger partial charge in [-0.1, -0.05) is 72.3 Å². The van der Waals surface area contributed by atoms with Crippen molar-refractivity contribution in [3.63, 3.8) is 0 Å². The average Bonchev–Trinajstić information content (AvgIpc) is 3.25. The van der Waals surface area contributed by atoms with Gasteiger partial charge < -0.3 is 9.47 Å². The van der Waals surface area contributed by atoms with E-state index in [1.165, 1.54) is 18.6 Å². The van der Waals surface area contributed by atoms with Crippen LogP contribution in [0.15, 0.2) is 66.7 Å². The van der Waals surface area contributed by atoms with E-state index in [-0.39, 0.29) is 18.5 Å². The molecule has 0 unspecified atom stereocenters. The maximum atomic E-state index is 12.7. The van der Waals surface area contributed by atoms with E-state index in [0.717, 1.165) is 38.4 Å². The van der Waals surface area contributed by atoms with E-state index >= 15 is 0 Å². The van der Waals surface area contributed by atoms with Crippen LogP contribution in [0.3, 0.4) is 0 Å². The van der Waals surface area contributed by atoms with Crippen molar-refractivity contribution in [2.45, 2.75) is 33.3 Å². The lowest BCUT2D eigenvalue weighted by molar-refractivity contribution is -0.139. The third-order valence-electron chi connectivity index (χ3n) is 6.10. The maximum Gasteiger partial charge on any atom is 0.412 e. The number of hydrogen-bond donors (Lipinski definition) is 1. The Labute approximate surface area is 225 Å². The van der Waals surface area contributed by atoms with Crippen LogP contribution in [-0.2, 0) is 20.7 Å². The number of anilines is 1. The fourth-order valence-electron chi connectivity index (χ4n) is 4.02. The van der Waals surface area contributed by atoms with Gasteiger partial charge in [-0.15, -0.1) is 0 Å². The molecule has 1 aromatic heterocycles. The predicted octanol–water partition coefficient (Wildman–Crippen LogP) is 7.77. The molecule has 8 heteroatoms. The van der Waals surface area contributed by atoms with Gasteiger partial charge in [-0.2, -0.15) is 4.37 Å². The van der Waals surface area contributed by atoms with Gasteiger partial charge in [0.1, 0.15) is 6.10 Å². The molecule has 0 saturated carbocycles. The van der Waals surface area contributed by atoms with Gasteiger partial charge in [0.2, 0.25) is 0 Å². The number of aromatic nitrogens is 1. The van der Waals surface area contributed by atoms with Crippen molar-refractivity contribution in [1.29, 1.82) is 0 Å². The lowest BCUT2D eigenvalue weighted by Crippen LogP contribution is -2.17. The summed E-state index contributed by atoms with van der Waals surface area (Å²) in [4.78, 5) is 25.1. The topological polar surface area (TPSA) is 77.5 Å². The van der Waals surface area contributed by atoms with E-state index in [1.54, 1.807) is 0 Å². The number of ether oxygens (including phenoxy) is 2. The summed E-state index contributed by atoms with van der Waals surface area (Å²) >= 11 is 7.71. The highest BCUT2D eigenvalue weighted by Gasteiger charge is 2.19. The molecular formula is C29H27ClN2O4S. The minimum atomic E-state index is -0.529. The first-order valence-electron chi connectivity index (χ1n) is 11.7. The Balaban J connectivity index is 1.49. The van der Waals surface area contributed by atoms with Crippen molar-refractivity contribution in [2.75, 3.05) is 12.4 Å². The van der Waals surface area contributed by atoms with E-state index in [4.69, 9.17) is 21.1 Å². The fourth-order valence-corrected chi connectivity index (χ4v) is 5.12. The minimum absolute atomic E-state index is 0.126. The maximum absolute atomic E-state index is 12.7. The monoisotopic (exact) mass is 534 g/mol. The van der Waals surface area contributed by atoms with Crippen LogP contribution < -0.4 is 5.32 Å². The molecule has 0 aliphatic heterocycles. The van der Waals surface area contributed by atoms with Gasteiger partial charge >= 0.3 is 12.1 Å². The molecule has 0 aliphatic rings. The van der Waals surface area contributed by atoms with E-state index in [0.29, 0.717) is 16.3 Å². The number of carbonyl (C=O) groups is 2. The van der Waals surface area contributed by atoms with Crippen molar-refractivity contribution in [2.24, 2.45) is 0 Å². The van der Waals surface area contributed by atoms with Crippen molar-refractivity contribution in [1.82, 2.24) is 4.37 Å². The molecule has 0 saturated heterocycles. The Kier molecular flexibility index (Phi) is 8.26.